The Morgan fingerprint density at radius 1 is 1.37 bits per heavy atom. The van der Waals surface area contributed by atoms with E-state index < -0.39 is 12.0 Å². The molecule has 9 nitrogen and oxygen atoms in total. The lowest BCUT2D eigenvalue weighted by Gasteiger charge is -2.33. The van der Waals surface area contributed by atoms with Crippen LogP contribution in [0.25, 0.3) is 0 Å². The molecule has 0 radical (unpaired) electrons. The Morgan fingerprint density at radius 2 is 2.19 bits per heavy atom. The first-order valence-corrected chi connectivity index (χ1v) is 9.38. The van der Waals surface area contributed by atoms with Gasteiger partial charge >= 0.3 is 0 Å². The van der Waals surface area contributed by atoms with Gasteiger partial charge in [-0.05, 0) is 37.3 Å². The highest BCUT2D eigenvalue weighted by Gasteiger charge is 2.39. The summed E-state index contributed by atoms with van der Waals surface area (Å²) in [4.78, 5) is 38.1. The van der Waals surface area contributed by atoms with E-state index in [9.17, 15) is 19.6 Å². The van der Waals surface area contributed by atoms with Crippen LogP contribution < -0.4 is 5.32 Å². The van der Waals surface area contributed by atoms with Gasteiger partial charge in [-0.3, -0.25) is 19.6 Å². The number of hydrogen-bond donors (Lipinski definition) is 2. The summed E-state index contributed by atoms with van der Waals surface area (Å²) < 4.78 is 0. The van der Waals surface area contributed by atoms with Crippen LogP contribution in [0, 0.1) is 11.8 Å². The molecule has 1 aromatic heterocycles. The minimum absolute atomic E-state index is 0.0478. The molecule has 3 rings (SSSR count). The predicted molar refractivity (Wildman–Crippen MR) is 95.4 cm³/mol. The number of carbonyl (C=O) groups is 3. The van der Waals surface area contributed by atoms with E-state index in [1.807, 2.05) is 0 Å². The van der Waals surface area contributed by atoms with Crippen molar-refractivity contribution in [1.82, 2.24) is 20.2 Å². The van der Waals surface area contributed by atoms with Crippen molar-refractivity contribution >= 4 is 24.0 Å². The Balaban J connectivity index is 1.67. The molecule has 0 aromatic carbocycles. The van der Waals surface area contributed by atoms with Gasteiger partial charge in [0.25, 0.3) is 0 Å². The fraction of sp³-hybridized carbons (Fsp3) is 0.611. The highest BCUT2D eigenvalue weighted by Crippen LogP contribution is 2.34. The van der Waals surface area contributed by atoms with Crippen molar-refractivity contribution in [1.29, 1.82) is 0 Å². The molecule has 2 N–H and O–H groups in total. The zero-order chi connectivity index (χ0) is 19.2. The van der Waals surface area contributed by atoms with Crippen LogP contribution in [-0.4, -0.2) is 62.7 Å². The molecule has 146 valence electrons. The second kappa shape index (κ2) is 8.90. The third kappa shape index (κ3) is 4.79. The van der Waals surface area contributed by atoms with Gasteiger partial charge in [-0.1, -0.05) is 19.3 Å². The van der Waals surface area contributed by atoms with Crippen molar-refractivity contribution in [2.45, 2.75) is 44.6 Å². The number of nitrogens with one attached hydrogen (secondary N) is 1. The number of rotatable bonds is 8. The van der Waals surface area contributed by atoms with E-state index in [4.69, 9.17) is 0 Å². The Bertz CT molecular complexity index is 667. The third-order valence-corrected chi connectivity index (χ3v) is 5.38. The van der Waals surface area contributed by atoms with E-state index in [0.29, 0.717) is 42.6 Å². The summed E-state index contributed by atoms with van der Waals surface area (Å²) >= 11 is 0. The smallest absolute Gasteiger partial charge is 0.248 e. The first-order valence-electron chi connectivity index (χ1n) is 9.38. The fourth-order valence-corrected chi connectivity index (χ4v) is 3.77. The standard InChI is InChI=1S/C18H25N5O4/c24-12-22(27)11-14(10-13-4-1-5-13)18(26)23-9-3-6-15(23)17(25)20-16-7-2-8-19-21-16/h2,7-8,12-15,27H,1,3-6,9-11H2,(H,20,21,25)/t14-,15+/m1/s1. The molecule has 0 spiro atoms. The van der Waals surface area contributed by atoms with Gasteiger partial charge in [-0.15, -0.1) is 5.10 Å². The molecule has 2 aliphatic rings. The molecule has 27 heavy (non-hydrogen) atoms. The first-order chi connectivity index (χ1) is 13.1. The maximum atomic E-state index is 13.1. The van der Waals surface area contributed by atoms with E-state index in [-0.39, 0.29) is 18.4 Å². The van der Waals surface area contributed by atoms with Crippen molar-refractivity contribution in [3.05, 3.63) is 18.3 Å². The molecule has 0 unspecified atom stereocenters. The number of carbonyl (C=O) groups excluding carboxylic acids is 3. The summed E-state index contributed by atoms with van der Waals surface area (Å²) in [5.41, 5.74) is 0. The molecule has 1 saturated heterocycles. The van der Waals surface area contributed by atoms with Crippen LogP contribution in [0.1, 0.15) is 38.5 Å². The third-order valence-electron chi connectivity index (χ3n) is 5.38. The number of amides is 3. The van der Waals surface area contributed by atoms with Gasteiger partial charge in [0.2, 0.25) is 18.2 Å². The van der Waals surface area contributed by atoms with E-state index >= 15 is 0 Å². The Labute approximate surface area is 157 Å². The van der Waals surface area contributed by atoms with Crippen LogP contribution in [-0.2, 0) is 14.4 Å². The molecule has 1 saturated carbocycles. The van der Waals surface area contributed by atoms with Crippen LogP contribution in [0.4, 0.5) is 5.82 Å². The van der Waals surface area contributed by atoms with Crippen molar-refractivity contribution < 1.29 is 19.6 Å². The van der Waals surface area contributed by atoms with Crippen LogP contribution in [0.5, 0.6) is 0 Å². The zero-order valence-corrected chi connectivity index (χ0v) is 15.2. The molecular formula is C18H25N5O4. The van der Waals surface area contributed by atoms with Crippen LogP contribution in [0.2, 0.25) is 0 Å². The van der Waals surface area contributed by atoms with Crippen LogP contribution >= 0.6 is 0 Å². The van der Waals surface area contributed by atoms with Gasteiger partial charge < -0.3 is 10.2 Å². The number of hydrogen-bond acceptors (Lipinski definition) is 6. The second-order valence-electron chi connectivity index (χ2n) is 7.24. The number of likely N-dealkylation sites (tertiary alicyclic amines) is 1. The molecular weight excluding hydrogens is 350 g/mol. The number of nitrogens with zero attached hydrogens (tertiary/aromatic N) is 4. The molecule has 3 amide bonds. The highest BCUT2D eigenvalue weighted by atomic mass is 16.5. The van der Waals surface area contributed by atoms with Gasteiger partial charge in [0.15, 0.2) is 5.82 Å². The topological polar surface area (TPSA) is 116 Å². The second-order valence-corrected chi connectivity index (χ2v) is 7.24. The summed E-state index contributed by atoms with van der Waals surface area (Å²) in [6, 6.07) is 2.73. The lowest BCUT2D eigenvalue weighted by Crippen LogP contribution is -2.48. The molecule has 0 bridgehead atoms. The Kier molecular flexibility index (Phi) is 6.33. The fourth-order valence-electron chi connectivity index (χ4n) is 3.77. The molecule has 1 aliphatic carbocycles. The zero-order valence-electron chi connectivity index (χ0n) is 15.2. The highest BCUT2D eigenvalue weighted by molar-refractivity contribution is 5.97. The van der Waals surface area contributed by atoms with Crippen molar-refractivity contribution in [2.75, 3.05) is 18.4 Å². The molecule has 1 aromatic rings. The monoisotopic (exact) mass is 375 g/mol. The normalized spacial score (nSPS) is 20.6. The summed E-state index contributed by atoms with van der Waals surface area (Å²) in [6.45, 7) is 0.443. The molecule has 1 aliphatic heterocycles. The minimum atomic E-state index is -0.577. The average molecular weight is 375 g/mol. The summed E-state index contributed by atoms with van der Waals surface area (Å²) in [7, 11) is 0. The van der Waals surface area contributed by atoms with Gasteiger partial charge in [-0.2, -0.15) is 5.10 Å². The van der Waals surface area contributed by atoms with Gasteiger partial charge in [0, 0.05) is 12.7 Å². The molecule has 9 heteroatoms. The first kappa shape index (κ1) is 19.2. The maximum absolute atomic E-state index is 13.1. The van der Waals surface area contributed by atoms with Crippen LogP contribution in [0.3, 0.4) is 0 Å². The van der Waals surface area contributed by atoms with Gasteiger partial charge in [0.05, 0.1) is 12.5 Å². The van der Waals surface area contributed by atoms with E-state index in [1.54, 1.807) is 17.0 Å². The van der Waals surface area contributed by atoms with E-state index in [2.05, 4.69) is 15.5 Å². The Morgan fingerprint density at radius 3 is 2.81 bits per heavy atom. The minimum Gasteiger partial charge on any atom is -0.330 e. The van der Waals surface area contributed by atoms with Crippen molar-refractivity contribution in [2.24, 2.45) is 11.8 Å². The number of anilines is 1. The van der Waals surface area contributed by atoms with Crippen molar-refractivity contribution in [3.63, 3.8) is 0 Å². The predicted octanol–water partition coefficient (Wildman–Crippen LogP) is 1.06. The Hall–Kier alpha value is -2.55. The number of hydroxylamine groups is 2. The largest absolute Gasteiger partial charge is 0.330 e. The summed E-state index contributed by atoms with van der Waals surface area (Å²) in [5, 5.41) is 20.4. The quantitative estimate of drug-likeness (QED) is 0.399. The van der Waals surface area contributed by atoms with Crippen LogP contribution in [0.15, 0.2) is 18.3 Å². The average Bonchev–Trinajstić information content (AvgIpc) is 3.13. The van der Waals surface area contributed by atoms with Crippen molar-refractivity contribution in [3.8, 4) is 0 Å². The summed E-state index contributed by atoms with van der Waals surface area (Å²) in [6.07, 6.45) is 7.03. The van der Waals surface area contributed by atoms with E-state index in [0.717, 1.165) is 25.7 Å². The SMILES string of the molecule is O=CN(O)C[C@@H](CC1CCC1)C(=O)N1CCC[C@H]1C(=O)Nc1cccnn1. The van der Waals surface area contributed by atoms with Gasteiger partial charge in [-0.25, -0.2) is 5.06 Å². The molecule has 2 fully saturated rings. The van der Waals surface area contributed by atoms with Gasteiger partial charge in [0.1, 0.15) is 6.04 Å². The lowest BCUT2D eigenvalue weighted by molar-refractivity contribution is -0.158. The maximum Gasteiger partial charge on any atom is 0.248 e. The summed E-state index contributed by atoms with van der Waals surface area (Å²) in [5.74, 6) is -0.196. The number of aromatic nitrogens is 2. The lowest BCUT2D eigenvalue weighted by atomic mass is 9.78. The molecule has 2 heterocycles. The van der Waals surface area contributed by atoms with E-state index in [1.165, 1.54) is 6.20 Å². The molecule has 2 atom stereocenters.